The van der Waals surface area contributed by atoms with E-state index >= 15 is 0 Å². The van der Waals surface area contributed by atoms with Crippen molar-refractivity contribution in [2.75, 3.05) is 4.43 Å². The molecule has 0 aliphatic heterocycles. The maximum absolute atomic E-state index is 6.04. The second-order valence-corrected chi connectivity index (χ2v) is 4.53. The molecule has 0 radical (unpaired) electrons. The van der Waals surface area contributed by atoms with E-state index in [9.17, 15) is 0 Å². The molecule has 0 aliphatic carbocycles. The SMILES string of the molecule is Clc1cccc2nc(CCI)ccc12. The lowest BCUT2D eigenvalue weighted by Crippen LogP contribution is -1.91. The van der Waals surface area contributed by atoms with Crippen LogP contribution in [0.4, 0.5) is 0 Å². The van der Waals surface area contributed by atoms with Gasteiger partial charge in [0.2, 0.25) is 0 Å². The topological polar surface area (TPSA) is 12.9 Å². The van der Waals surface area contributed by atoms with Crippen LogP contribution in [0.5, 0.6) is 0 Å². The molecule has 0 atom stereocenters. The Morgan fingerprint density at radius 1 is 1.21 bits per heavy atom. The zero-order valence-corrected chi connectivity index (χ0v) is 10.4. The lowest BCUT2D eigenvalue weighted by Gasteiger charge is -2.02. The van der Waals surface area contributed by atoms with Crippen LogP contribution in [0, 0.1) is 0 Å². The van der Waals surface area contributed by atoms with Gasteiger partial charge in [0, 0.05) is 20.5 Å². The van der Waals surface area contributed by atoms with E-state index in [-0.39, 0.29) is 0 Å². The Morgan fingerprint density at radius 2 is 2.07 bits per heavy atom. The van der Waals surface area contributed by atoms with Crippen molar-refractivity contribution in [3.63, 3.8) is 0 Å². The molecule has 0 saturated carbocycles. The van der Waals surface area contributed by atoms with Crippen molar-refractivity contribution < 1.29 is 0 Å². The highest BCUT2D eigenvalue weighted by molar-refractivity contribution is 14.1. The summed E-state index contributed by atoms with van der Waals surface area (Å²) in [5.74, 6) is 0. The van der Waals surface area contributed by atoms with E-state index in [1.165, 1.54) is 0 Å². The molecule has 1 aromatic heterocycles. The molecule has 0 spiro atoms. The molecular weight excluding hydrogens is 308 g/mol. The van der Waals surface area contributed by atoms with Crippen molar-refractivity contribution in [1.82, 2.24) is 4.98 Å². The molecule has 0 bridgehead atoms. The summed E-state index contributed by atoms with van der Waals surface area (Å²) in [4.78, 5) is 4.54. The van der Waals surface area contributed by atoms with Gasteiger partial charge in [-0.25, -0.2) is 0 Å². The van der Waals surface area contributed by atoms with Gasteiger partial charge in [-0.3, -0.25) is 4.98 Å². The van der Waals surface area contributed by atoms with Crippen LogP contribution in [-0.4, -0.2) is 9.41 Å². The van der Waals surface area contributed by atoms with Gasteiger partial charge in [0.25, 0.3) is 0 Å². The standard InChI is InChI=1S/C11H9ClIN/c12-10-2-1-3-11-9(10)5-4-8(14-11)6-7-13/h1-5H,6-7H2. The largest absolute Gasteiger partial charge is 0.253 e. The van der Waals surface area contributed by atoms with Gasteiger partial charge in [0.15, 0.2) is 0 Å². The molecule has 3 heteroatoms. The molecule has 2 aromatic rings. The highest BCUT2D eigenvalue weighted by Crippen LogP contribution is 2.21. The molecule has 72 valence electrons. The first-order chi connectivity index (χ1) is 6.81. The average Bonchev–Trinajstić information content (AvgIpc) is 2.18. The van der Waals surface area contributed by atoms with E-state index in [0.717, 1.165) is 32.5 Å². The Kier molecular flexibility index (Phi) is 3.23. The number of alkyl halides is 1. The van der Waals surface area contributed by atoms with Crippen LogP contribution in [0.1, 0.15) is 5.69 Å². The van der Waals surface area contributed by atoms with Gasteiger partial charge in [-0.05, 0) is 30.7 Å². The fourth-order valence-corrected chi connectivity index (χ4v) is 2.18. The molecule has 1 aromatic carbocycles. The molecule has 0 N–H and O–H groups in total. The summed E-state index contributed by atoms with van der Waals surface area (Å²) >= 11 is 8.40. The van der Waals surface area contributed by atoms with Gasteiger partial charge < -0.3 is 0 Å². The number of aryl methyl sites for hydroxylation is 1. The van der Waals surface area contributed by atoms with Crippen LogP contribution in [0.15, 0.2) is 30.3 Å². The predicted octanol–water partition coefficient (Wildman–Crippen LogP) is 3.87. The van der Waals surface area contributed by atoms with Crippen molar-refractivity contribution in [2.24, 2.45) is 0 Å². The van der Waals surface area contributed by atoms with Crippen molar-refractivity contribution in [2.45, 2.75) is 6.42 Å². The summed E-state index contributed by atoms with van der Waals surface area (Å²) in [5.41, 5.74) is 2.12. The first-order valence-corrected chi connectivity index (χ1v) is 6.32. The van der Waals surface area contributed by atoms with E-state index in [1.54, 1.807) is 0 Å². The minimum atomic E-state index is 0.774. The van der Waals surface area contributed by atoms with Gasteiger partial charge in [-0.1, -0.05) is 40.3 Å². The minimum absolute atomic E-state index is 0.774. The van der Waals surface area contributed by atoms with Crippen molar-refractivity contribution in [1.29, 1.82) is 0 Å². The lowest BCUT2D eigenvalue weighted by atomic mass is 10.2. The minimum Gasteiger partial charge on any atom is -0.253 e. The number of rotatable bonds is 2. The number of benzene rings is 1. The van der Waals surface area contributed by atoms with Gasteiger partial charge in [0.05, 0.1) is 5.52 Å². The van der Waals surface area contributed by atoms with E-state index < -0.39 is 0 Å². The van der Waals surface area contributed by atoms with E-state index in [1.807, 2.05) is 30.3 Å². The summed E-state index contributed by atoms with van der Waals surface area (Å²) in [7, 11) is 0. The summed E-state index contributed by atoms with van der Waals surface area (Å²) in [5, 5.41) is 1.81. The smallest absolute Gasteiger partial charge is 0.0720 e. The van der Waals surface area contributed by atoms with E-state index in [4.69, 9.17) is 11.6 Å². The zero-order valence-electron chi connectivity index (χ0n) is 7.50. The summed E-state index contributed by atoms with van der Waals surface area (Å²) in [6, 6.07) is 9.92. The van der Waals surface area contributed by atoms with Crippen LogP contribution < -0.4 is 0 Å². The number of hydrogen-bond acceptors (Lipinski definition) is 1. The summed E-state index contributed by atoms with van der Waals surface area (Å²) < 4.78 is 1.09. The first-order valence-electron chi connectivity index (χ1n) is 4.41. The number of hydrogen-bond donors (Lipinski definition) is 0. The Hall–Kier alpha value is -0.350. The highest BCUT2D eigenvalue weighted by Gasteiger charge is 2.00. The van der Waals surface area contributed by atoms with Gasteiger partial charge in [-0.15, -0.1) is 0 Å². The van der Waals surface area contributed by atoms with Gasteiger partial charge in [-0.2, -0.15) is 0 Å². The van der Waals surface area contributed by atoms with Crippen LogP contribution >= 0.6 is 34.2 Å². The highest BCUT2D eigenvalue weighted by atomic mass is 127. The van der Waals surface area contributed by atoms with Crippen LogP contribution in [0.2, 0.25) is 5.02 Å². The third-order valence-corrected chi connectivity index (χ3v) is 2.96. The lowest BCUT2D eigenvalue weighted by molar-refractivity contribution is 1.08. The normalized spacial score (nSPS) is 10.7. The van der Waals surface area contributed by atoms with Crippen molar-refractivity contribution >= 4 is 45.1 Å². The molecule has 14 heavy (non-hydrogen) atoms. The fraction of sp³-hybridized carbons (Fsp3) is 0.182. The van der Waals surface area contributed by atoms with Crippen molar-refractivity contribution in [3.05, 3.63) is 41.0 Å². The second kappa shape index (κ2) is 4.45. The zero-order chi connectivity index (χ0) is 9.97. The maximum atomic E-state index is 6.04. The van der Waals surface area contributed by atoms with E-state index in [0.29, 0.717) is 0 Å². The molecule has 0 aliphatic rings. The number of aromatic nitrogens is 1. The predicted molar refractivity (Wildman–Crippen MR) is 69.3 cm³/mol. The Morgan fingerprint density at radius 3 is 2.86 bits per heavy atom. The quantitative estimate of drug-likeness (QED) is 0.605. The third kappa shape index (κ3) is 2.01. The molecule has 2 rings (SSSR count). The molecule has 0 saturated heterocycles. The molecule has 1 heterocycles. The molecule has 0 unspecified atom stereocenters. The number of fused-ring (bicyclic) bond motifs is 1. The number of halogens is 2. The van der Waals surface area contributed by atoms with Gasteiger partial charge in [0.1, 0.15) is 0 Å². The monoisotopic (exact) mass is 317 g/mol. The Labute approximate surface area is 102 Å². The molecular formula is C11H9ClIN. The Bertz CT molecular complexity index is 456. The molecule has 1 nitrogen and oxygen atoms in total. The molecule has 0 fully saturated rings. The first kappa shape index (κ1) is 10.2. The van der Waals surface area contributed by atoms with E-state index in [2.05, 4.69) is 27.6 Å². The average molecular weight is 318 g/mol. The van der Waals surface area contributed by atoms with Crippen LogP contribution in [0.3, 0.4) is 0 Å². The summed E-state index contributed by atoms with van der Waals surface area (Å²) in [6.45, 7) is 0. The fourth-order valence-electron chi connectivity index (χ4n) is 1.40. The number of pyridine rings is 1. The summed E-state index contributed by atoms with van der Waals surface area (Å²) in [6.07, 6.45) is 1.02. The second-order valence-electron chi connectivity index (χ2n) is 3.05. The third-order valence-electron chi connectivity index (χ3n) is 2.09. The number of nitrogens with zero attached hydrogens (tertiary/aromatic N) is 1. The van der Waals surface area contributed by atoms with Crippen LogP contribution in [0.25, 0.3) is 10.9 Å². The van der Waals surface area contributed by atoms with Crippen molar-refractivity contribution in [3.8, 4) is 0 Å². The maximum Gasteiger partial charge on any atom is 0.0720 e. The van der Waals surface area contributed by atoms with Gasteiger partial charge >= 0.3 is 0 Å². The van der Waals surface area contributed by atoms with Crippen LogP contribution in [-0.2, 0) is 6.42 Å². The Balaban J connectivity index is 2.56. The molecule has 0 amide bonds.